The second kappa shape index (κ2) is 6.06. The van der Waals surface area contributed by atoms with Gasteiger partial charge in [0.25, 0.3) is 0 Å². The minimum atomic E-state index is -0.425. The van der Waals surface area contributed by atoms with Crippen molar-refractivity contribution < 1.29 is 9.18 Å². The van der Waals surface area contributed by atoms with Crippen molar-refractivity contribution >= 4 is 17.4 Å². The van der Waals surface area contributed by atoms with Crippen molar-refractivity contribution in [3.8, 4) is 0 Å². The van der Waals surface area contributed by atoms with E-state index < -0.39 is 6.03 Å². The highest BCUT2D eigenvalue weighted by Crippen LogP contribution is 2.19. The van der Waals surface area contributed by atoms with E-state index in [0.717, 1.165) is 5.56 Å². The zero-order valence-corrected chi connectivity index (χ0v) is 11.1. The van der Waals surface area contributed by atoms with E-state index in [1.165, 1.54) is 6.07 Å². The first-order valence-electron chi connectivity index (χ1n) is 6.20. The Labute approximate surface area is 116 Å². The minimum absolute atomic E-state index is 0.115. The maximum Gasteiger partial charge on any atom is 0.319 e. The second-order valence-corrected chi connectivity index (χ2v) is 4.49. The summed E-state index contributed by atoms with van der Waals surface area (Å²) in [7, 11) is 0. The summed E-state index contributed by atoms with van der Waals surface area (Å²) in [5.74, 6) is -0.345. The van der Waals surface area contributed by atoms with Gasteiger partial charge in [0, 0.05) is 12.1 Å². The van der Waals surface area contributed by atoms with Gasteiger partial charge in [0.15, 0.2) is 0 Å². The van der Waals surface area contributed by atoms with Crippen LogP contribution < -0.4 is 16.4 Å². The lowest BCUT2D eigenvalue weighted by Crippen LogP contribution is -2.28. The molecule has 0 aliphatic carbocycles. The molecule has 0 unspecified atom stereocenters. The van der Waals surface area contributed by atoms with E-state index in [2.05, 4.69) is 10.6 Å². The molecule has 0 radical (unpaired) electrons. The second-order valence-electron chi connectivity index (χ2n) is 4.49. The van der Waals surface area contributed by atoms with Crippen LogP contribution in [0.25, 0.3) is 0 Å². The van der Waals surface area contributed by atoms with Gasteiger partial charge < -0.3 is 16.4 Å². The normalized spacial score (nSPS) is 10.1. The Morgan fingerprint density at radius 3 is 2.75 bits per heavy atom. The maximum absolute atomic E-state index is 13.4. The number of nitrogen functional groups attached to an aromatic ring is 1. The van der Waals surface area contributed by atoms with Gasteiger partial charge in [0.05, 0.1) is 11.4 Å². The van der Waals surface area contributed by atoms with Gasteiger partial charge in [0.2, 0.25) is 0 Å². The highest BCUT2D eigenvalue weighted by Gasteiger charge is 2.06. The summed E-state index contributed by atoms with van der Waals surface area (Å²) in [6.07, 6.45) is 0. The van der Waals surface area contributed by atoms with E-state index in [4.69, 9.17) is 5.73 Å². The average molecular weight is 273 g/mol. The Bertz CT molecular complexity index is 628. The fraction of sp³-hybridized carbons (Fsp3) is 0.133. The summed E-state index contributed by atoms with van der Waals surface area (Å²) in [6, 6.07) is 11.2. The largest absolute Gasteiger partial charge is 0.397 e. The smallest absolute Gasteiger partial charge is 0.319 e. The van der Waals surface area contributed by atoms with Crippen LogP contribution in [-0.2, 0) is 6.54 Å². The first kappa shape index (κ1) is 13.9. The Hall–Kier alpha value is -2.56. The van der Waals surface area contributed by atoms with Gasteiger partial charge in [-0.1, -0.05) is 24.3 Å². The van der Waals surface area contributed by atoms with E-state index in [-0.39, 0.29) is 12.4 Å². The number of carbonyl (C=O) groups is 1. The number of anilines is 2. The van der Waals surface area contributed by atoms with Crippen LogP contribution >= 0.6 is 0 Å². The molecular formula is C15H16FN3O. The predicted molar refractivity (Wildman–Crippen MR) is 77.8 cm³/mol. The number of nitrogens with one attached hydrogen (secondary N) is 2. The number of nitrogens with two attached hydrogens (primary N) is 1. The van der Waals surface area contributed by atoms with Crippen LogP contribution in [0.15, 0.2) is 42.5 Å². The number of aryl methyl sites for hydroxylation is 1. The minimum Gasteiger partial charge on any atom is -0.397 e. The van der Waals surface area contributed by atoms with Crippen molar-refractivity contribution in [1.29, 1.82) is 0 Å². The lowest BCUT2D eigenvalue weighted by Gasteiger charge is -2.10. The molecule has 0 aromatic heterocycles. The molecule has 0 saturated heterocycles. The molecule has 0 aliphatic heterocycles. The Kier molecular flexibility index (Phi) is 4.20. The van der Waals surface area contributed by atoms with Crippen molar-refractivity contribution in [2.75, 3.05) is 11.1 Å². The van der Waals surface area contributed by atoms with E-state index in [1.807, 2.05) is 13.0 Å². The average Bonchev–Trinajstić information content (AvgIpc) is 2.42. The molecule has 0 bridgehead atoms. The van der Waals surface area contributed by atoms with Crippen molar-refractivity contribution in [2.45, 2.75) is 13.5 Å². The SMILES string of the molecule is Cc1ccc(N)c(NC(=O)NCc2ccccc2F)c1. The van der Waals surface area contributed by atoms with Crippen LogP contribution in [0.1, 0.15) is 11.1 Å². The summed E-state index contributed by atoms with van der Waals surface area (Å²) in [5.41, 5.74) is 8.21. The number of hydrogen-bond donors (Lipinski definition) is 3. The first-order chi connectivity index (χ1) is 9.56. The monoisotopic (exact) mass is 273 g/mol. The number of rotatable bonds is 3. The molecule has 4 nitrogen and oxygen atoms in total. The highest BCUT2D eigenvalue weighted by atomic mass is 19.1. The Balaban J connectivity index is 1.96. The first-order valence-corrected chi connectivity index (χ1v) is 6.20. The van der Waals surface area contributed by atoms with Crippen LogP contribution in [0, 0.1) is 12.7 Å². The molecule has 0 saturated carbocycles. The van der Waals surface area contributed by atoms with Crippen molar-refractivity contribution in [3.05, 3.63) is 59.4 Å². The molecule has 2 aromatic rings. The molecule has 0 heterocycles. The molecular weight excluding hydrogens is 257 g/mol. The van der Waals surface area contributed by atoms with Gasteiger partial charge in [0.1, 0.15) is 5.82 Å². The molecule has 0 fully saturated rings. The molecule has 0 aliphatic rings. The molecule has 2 rings (SSSR count). The van der Waals surface area contributed by atoms with Crippen LogP contribution in [-0.4, -0.2) is 6.03 Å². The fourth-order valence-electron chi connectivity index (χ4n) is 1.76. The number of carbonyl (C=O) groups excluding carboxylic acids is 1. The van der Waals surface area contributed by atoms with Crippen LogP contribution in [0.3, 0.4) is 0 Å². The third kappa shape index (κ3) is 3.47. The van der Waals surface area contributed by atoms with E-state index in [0.29, 0.717) is 16.9 Å². The summed E-state index contributed by atoms with van der Waals surface area (Å²) in [6.45, 7) is 2.02. The van der Waals surface area contributed by atoms with Crippen LogP contribution in [0.4, 0.5) is 20.6 Å². The summed E-state index contributed by atoms with van der Waals surface area (Å²) >= 11 is 0. The van der Waals surface area contributed by atoms with E-state index in [9.17, 15) is 9.18 Å². The lowest BCUT2D eigenvalue weighted by molar-refractivity contribution is 0.251. The maximum atomic E-state index is 13.4. The third-order valence-corrected chi connectivity index (χ3v) is 2.85. The fourth-order valence-corrected chi connectivity index (χ4v) is 1.76. The number of urea groups is 1. The Morgan fingerprint density at radius 2 is 2.00 bits per heavy atom. The summed E-state index contributed by atoms with van der Waals surface area (Å²) in [5, 5.41) is 5.23. The summed E-state index contributed by atoms with van der Waals surface area (Å²) in [4.78, 5) is 11.8. The van der Waals surface area contributed by atoms with E-state index >= 15 is 0 Å². The molecule has 5 heteroatoms. The zero-order valence-electron chi connectivity index (χ0n) is 11.1. The van der Waals surface area contributed by atoms with Gasteiger partial charge >= 0.3 is 6.03 Å². The van der Waals surface area contributed by atoms with Crippen molar-refractivity contribution in [3.63, 3.8) is 0 Å². The summed E-state index contributed by atoms with van der Waals surface area (Å²) < 4.78 is 13.4. The van der Waals surface area contributed by atoms with Crippen molar-refractivity contribution in [1.82, 2.24) is 5.32 Å². The molecule has 2 amide bonds. The van der Waals surface area contributed by atoms with Gasteiger partial charge in [-0.2, -0.15) is 0 Å². The topological polar surface area (TPSA) is 67.1 Å². The molecule has 0 atom stereocenters. The number of amides is 2. The van der Waals surface area contributed by atoms with Gasteiger partial charge in [-0.3, -0.25) is 0 Å². The molecule has 104 valence electrons. The lowest BCUT2D eigenvalue weighted by atomic mass is 10.2. The molecule has 2 aromatic carbocycles. The van der Waals surface area contributed by atoms with Gasteiger partial charge in [-0.25, -0.2) is 9.18 Å². The van der Waals surface area contributed by atoms with Gasteiger partial charge in [-0.15, -0.1) is 0 Å². The zero-order chi connectivity index (χ0) is 14.5. The quantitative estimate of drug-likeness (QED) is 0.752. The van der Waals surface area contributed by atoms with E-state index in [1.54, 1.807) is 30.3 Å². The van der Waals surface area contributed by atoms with Crippen molar-refractivity contribution in [2.24, 2.45) is 0 Å². The predicted octanol–water partition coefficient (Wildman–Crippen LogP) is 3.04. The standard InChI is InChI=1S/C15H16FN3O/c1-10-6-7-13(17)14(8-10)19-15(20)18-9-11-4-2-3-5-12(11)16/h2-8H,9,17H2,1H3,(H2,18,19,20). The molecule has 0 spiro atoms. The van der Waals surface area contributed by atoms with Crippen LogP contribution in [0.5, 0.6) is 0 Å². The number of halogens is 1. The van der Waals surface area contributed by atoms with Gasteiger partial charge in [-0.05, 0) is 30.7 Å². The number of benzene rings is 2. The number of hydrogen-bond acceptors (Lipinski definition) is 2. The third-order valence-electron chi connectivity index (χ3n) is 2.85. The molecule has 20 heavy (non-hydrogen) atoms. The Morgan fingerprint density at radius 1 is 1.25 bits per heavy atom. The van der Waals surface area contributed by atoms with Crippen LogP contribution in [0.2, 0.25) is 0 Å². The molecule has 4 N–H and O–H groups in total. The highest BCUT2D eigenvalue weighted by molar-refractivity contribution is 5.92.